The molecule has 1 aromatic heterocycles. The van der Waals surface area contributed by atoms with E-state index >= 15 is 0 Å². The number of rotatable bonds is 3. The van der Waals surface area contributed by atoms with Crippen LogP contribution in [0.25, 0.3) is 0 Å². The number of hydrogen-bond acceptors (Lipinski definition) is 3. The Labute approximate surface area is 100 Å². The first-order valence-corrected chi connectivity index (χ1v) is 6.73. The van der Waals surface area contributed by atoms with Crippen LogP contribution in [0.5, 0.6) is 0 Å². The van der Waals surface area contributed by atoms with Crippen molar-refractivity contribution in [3.8, 4) is 0 Å². The molecule has 1 aliphatic rings. The number of hydrogen-bond donors (Lipinski definition) is 1. The molecule has 2 atom stereocenters. The number of thiophene rings is 1. The van der Waals surface area contributed by atoms with Crippen molar-refractivity contribution in [3.05, 3.63) is 22.4 Å². The Kier molecular flexibility index (Phi) is 3.61. The van der Waals surface area contributed by atoms with E-state index in [0.717, 1.165) is 24.9 Å². The second-order valence-electron chi connectivity index (χ2n) is 4.43. The van der Waals surface area contributed by atoms with Gasteiger partial charge in [0.1, 0.15) is 0 Å². The first-order valence-electron chi connectivity index (χ1n) is 5.79. The number of carbonyl (C=O) groups excluding carboxylic acids is 1. The molecule has 0 saturated carbocycles. The molecule has 2 heterocycles. The molecule has 1 fully saturated rings. The Bertz CT molecular complexity index is 350. The molecule has 1 amide bonds. The molecule has 0 bridgehead atoms. The van der Waals surface area contributed by atoms with Crippen molar-refractivity contribution in [2.75, 3.05) is 13.1 Å². The lowest BCUT2D eigenvalue weighted by molar-refractivity contribution is 0.0786. The van der Waals surface area contributed by atoms with Crippen molar-refractivity contribution >= 4 is 17.2 Å². The molecule has 1 aromatic rings. The second-order valence-corrected chi connectivity index (χ2v) is 5.21. The molecule has 0 radical (unpaired) electrons. The first kappa shape index (κ1) is 11.6. The van der Waals surface area contributed by atoms with Crippen LogP contribution in [-0.4, -0.2) is 29.9 Å². The summed E-state index contributed by atoms with van der Waals surface area (Å²) < 4.78 is 0. The van der Waals surface area contributed by atoms with Gasteiger partial charge in [-0.1, -0.05) is 13.3 Å². The summed E-state index contributed by atoms with van der Waals surface area (Å²) in [5.74, 6) is 0.614. The zero-order chi connectivity index (χ0) is 11.5. The van der Waals surface area contributed by atoms with Gasteiger partial charge in [0.05, 0.1) is 5.56 Å². The Hall–Kier alpha value is -0.870. The smallest absolute Gasteiger partial charge is 0.254 e. The van der Waals surface area contributed by atoms with Crippen LogP contribution in [-0.2, 0) is 0 Å². The molecule has 1 aliphatic heterocycles. The highest BCUT2D eigenvalue weighted by Crippen LogP contribution is 2.22. The minimum absolute atomic E-state index is 0.135. The molecule has 1 saturated heterocycles. The van der Waals surface area contributed by atoms with E-state index in [1.54, 1.807) is 11.3 Å². The zero-order valence-electron chi connectivity index (χ0n) is 9.56. The first-order chi connectivity index (χ1) is 7.72. The van der Waals surface area contributed by atoms with Crippen LogP contribution in [0, 0.1) is 5.92 Å². The molecule has 0 aromatic carbocycles. The number of amides is 1. The van der Waals surface area contributed by atoms with E-state index in [4.69, 9.17) is 5.73 Å². The van der Waals surface area contributed by atoms with Crippen LogP contribution in [0.4, 0.5) is 0 Å². The van der Waals surface area contributed by atoms with Crippen molar-refractivity contribution in [2.24, 2.45) is 11.7 Å². The van der Waals surface area contributed by atoms with Crippen molar-refractivity contribution < 1.29 is 4.79 Å². The van der Waals surface area contributed by atoms with Gasteiger partial charge < -0.3 is 10.6 Å². The number of likely N-dealkylation sites (tertiary alicyclic amines) is 1. The van der Waals surface area contributed by atoms with Crippen molar-refractivity contribution in [3.63, 3.8) is 0 Å². The predicted octanol–water partition coefficient (Wildman–Crippen LogP) is 1.95. The maximum absolute atomic E-state index is 12.1. The van der Waals surface area contributed by atoms with Gasteiger partial charge in [0.25, 0.3) is 5.91 Å². The molecule has 88 valence electrons. The van der Waals surface area contributed by atoms with Crippen molar-refractivity contribution in [2.45, 2.75) is 25.8 Å². The molecular weight excluding hydrogens is 220 g/mol. The average molecular weight is 238 g/mol. The Morgan fingerprint density at radius 1 is 1.62 bits per heavy atom. The summed E-state index contributed by atoms with van der Waals surface area (Å²) in [5, 5.41) is 3.84. The van der Waals surface area contributed by atoms with Gasteiger partial charge in [-0.25, -0.2) is 0 Å². The lowest BCUT2D eigenvalue weighted by Gasteiger charge is -2.15. The molecule has 3 nitrogen and oxygen atoms in total. The fourth-order valence-electron chi connectivity index (χ4n) is 2.31. The Balaban J connectivity index is 2.00. The maximum Gasteiger partial charge on any atom is 0.254 e. The SMILES string of the molecule is CCC[C@H]1CN(C(=O)c2ccsc2)C[C@@H]1N. The fourth-order valence-corrected chi connectivity index (χ4v) is 2.94. The summed E-state index contributed by atoms with van der Waals surface area (Å²) in [4.78, 5) is 14.0. The average Bonchev–Trinajstić information content (AvgIpc) is 2.88. The predicted molar refractivity (Wildman–Crippen MR) is 66.6 cm³/mol. The summed E-state index contributed by atoms with van der Waals surface area (Å²) in [6.07, 6.45) is 2.26. The highest BCUT2D eigenvalue weighted by Gasteiger charge is 2.32. The molecule has 0 spiro atoms. The molecule has 2 rings (SSSR count). The Morgan fingerprint density at radius 3 is 3.06 bits per heavy atom. The van der Waals surface area contributed by atoms with Gasteiger partial charge in [-0.2, -0.15) is 11.3 Å². The Morgan fingerprint density at radius 2 is 2.44 bits per heavy atom. The molecule has 16 heavy (non-hydrogen) atoms. The van der Waals surface area contributed by atoms with Crippen LogP contribution >= 0.6 is 11.3 Å². The lowest BCUT2D eigenvalue weighted by Crippen LogP contribution is -2.32. The summed E-state index contributed by atoms with van der Waals surface area (Å²) in [6.45, 7) is 3.69. The monoisotopic (exact) mass is 238 g/mol. The van der Waals surface area contributed by atoms with Crippen molar-refractivity contribution in [1.82, 2.24) is 4.90 Å². The molecule has 2 N–H and O–H groups in total. The summed E-state index contributed by atoms with van der Waals surface area (Å²) >= 11 is 1.56. The van der Waals surface area contributed by atoms with Gasteiger partial charge in [-0.15, -0.1) is 0 Å². The van der Waals surface area contributed by atoms with Gasteiger partial charge in [0.2, 0.25) is 0 Å². The third-order valence-electron chi connectivity index (χ3n) is 3.21. The topological polar surface area (TPSA) is 46.3 Å². The van der Waals surface area contributed by atoms with Gasteiger partial charge in [0, 0.05) is 24.5 Å². The van der Waals surface area contributed by atoms with E-state index in [0.29, 0.717) is 12.5 Å². The summed E-state index contributed by atoms with van der Waals surface area (Å²) in [5.41, 5.74) is 6.86. The lowest BCUT2D eigenvalue weighted by atomic mass is 9.99. The van der Waals surface area contributed by atoms with E-state index < -0.39 is 0 Å². The molecule has 0 unspecified atom stereocenters. The van der Waals surface area contributed by atoms with Gasteiger partial charge in [-0.3, -0.25) is 4.79 Å². The van der Waals surface area contributed by atoms with E-state index in [2.05, 4.69) is 6.92 Å². The molecular formula is C12H18N2OS. The summed E-state index contributed by atoms with van der Waals surface area (Å²) in [6, 6.07) is 2.04. The number of nitrogens with zero attached hydrogens (tertiary/aromatic N) is 1. The van der Waals surface area contributed by atoms with E-state index in [1.807, 2.05) is 21.7 Å². The highest BCUT2D eigenvalue weighted by atomic mass is 32.1. The minimum Gasteiger partial charge on any atom is -0.337 e. The highest BCUT2D eigenvalue weighted by molar-refractivity contribution is 7.08. The van der Waals surface area contributed by atoms with Crippen LogP contribution < -0.4 is 5.73 Å². The zero-order valence-corrected chi connectivity index (χ0v) is 10.4. The van der Waals surface area contributed by atoms with Gasteiger partial charge in [-0.05, 0) is 23.8 Å². The maximum atomic E-state index is 12.1. The molecule has 0 aliphatic carbocycles. The number of carbonyl (C=O) groups is 1. The van der Waals surface area contributed by atoms with Crippen LogP contribution in [0.1, 0.15) is 30.1 Å². The number of nitrogens with two attached hydrogens (primary N) is 1. The summed E-state index contributed by atoms with van der Waals surface area (Å²) in [7, 11) is 0. The van der Waals surface area contributed by atoms with Crippen LogP contribution in [0.2, 0.25) is 0 Å². The van der Waals surface area contributed by atoms with Gasteiger partial charge >= 0.3 is 0 Å². The standard InChI is InChI=1S/C12H18N2OS/c1-2-3-9-6-14(7-11(9)13)12(15)10-4-5-16-8-10/h4-5,8-9,11H,2-3,6-7,13H2,1H3/t9-,11-/m0/s1. The fraction of sp³-hybridized carbons (Fsp3) is 0.583. The normalized spacial score (nSPS) is 25.0. The van der Waals surface area contributed by atoms with Gasteiger partial charge in [0.15, 0.2) is 0 Å². The third-order valence-corrected chi connectivity index (χ3v) is 3.89. The second kappa shape index (κ2) is 4.97. The van der Waals surface area contributed by atoms with E-state index in [-0.39, 0.29) is 11.9 Å². The third kappa shape index (κ3) is 2.28. The van der Waals surface area contributed by atoms with Crippen LogP contribution in [0.15, 0.2) is 16.8 Å². The van der Waals surface area contributed by atoms with E-state index in [1.165, 1.54) is 0 Å². The minimum atomic E-state index is 0.135. The quantitative estimate of drug-likeness (QED) is 0.875. The molecule has 4 heteroatoms. The van der Waals surface area contributed by atoms with Crippen LogP contribution in [0.3, 0.4) is 0 Å². The van der Waals surface area contributed by atoms with Crippen molar-refractivity contribution in [1.29, 1.82) is 0 Å². The van der Waals surface area contributed by atoms with E-state index in [9.17, 15) is 4.79 Å². The largest absolute Gasteiger partial charge is 0.337 e.